The predicted octanol–water partition coefficient (Wildman–Crippen LogP) is 1.37. The second-order valence-electron chi connectivity index (χ2n) is 7.23. The minimum Gasteiger partial charge on any atom is -0.395 e. The number of aliphatic hydroxyl groups excluding tert-OH is 1. The molecule has 146 valence electrons. The van der Waals surface area contributed by atoms with Crippen molar-refractivity contribution in [3.63, 3.8) is 0 Å². The topological polar surface area (TPSA) is 85.8 Å². The molecule has 0 unspecified atom stereocenters. The highest BCUT2D eigenvalue weighted by Gasteiger charge is 2.26. The molecule has 8 heteroatoms. The lowest BCUT2D eigenvalue weighted by Gasteiger charge is -2.31. The van der Waals surface area contributed by atoms with Gasteiger partial charge in [0, 0.05) is 32.4 Å². The maximum Gasteiger partial charge on any atom is 0.244 e. The van der Waals surface area contributed by atoms with Crippen molar-refractivity contribution in [2.75, 3.05) is 51.2 Å². The fourth-order valence-corrected chi connectivity index (χ4v) is 5.16. The zero-order chi connectivity index (χ0) is 18.4. The molecule has 0 aliphatic carbocycles. The van der Waals surface area contributed by atoms with E-state index in [1.54, 1.807) is 16.4 Å². The van der Waals surface area contributed by atoms with Crippen LogP contribution in [0.4, 0.5) is 5.82 Å². The molecule has 2 saturated heterocycles. The molecule has 3 heterocycles. The average Bonchev–Trinajstić information content (AvgIpc) is 2.69. The number of aromatic nitrogens is 1. The van der Waals surface area contributed by atoms with Crippen LogP contribution in [0.1, 0.15) is 32.1 Å². The van der Waals surface area contributed by atoms with Crippen molar-refractivity contribution < 1.29 is 13.5 Å². The quantitative estimate of drug-likeness (QED) is 0.741. The Balaban J connectivity index is 1.50. The number of hydrogen-bond donors (Lipinski definition) is 2. The summed E-state index contributed by atoms with van der Waals surface area (Å²) < 4.78 is 26.8. The van der Waals surface area contributed by atoms with Crippen LogP contribution in [0.25, 0.3) is 0 Å². The third-order valence-electron chi connectivity index (χ3n) is 5.38. The van der Waals surface area contributed by atoms with Crippen molar-refractivity contribution in [2.24, 2.45) is 5.92 Å². The van der Waals surface area contributed by atoms with Gasteiger partial charge >= 0.3 is 0 Å². The van der Waals surface area contributed by atoms with Gasteiger partial charge in [0.15, 0.2) is 0 Å². The van der Waals surface area contributed by atoms with Crippen LogP contribution in [0.5, 0.6) is 0 Å². The van der Waals surface area contributed by atoms with E-state index in [0.29, 0.717) is 19.0 Å². The summed E-state index contributed by atoms with van der Waals surface area (Å²) in [7, 11) is -3.41. The highest BCUT2D eigenvalue weighted by atomic mass is 32.2. The number of nitrogens with one attached hydrogen (secondary N) is 1. The van der Waals surface area contributed by atoms with Crippen LogP contribution < -0.4 is 5.32 Å². The Kier molecular flexibility index (Phi) is 6.86. The number of likely N-dealkylation sites (tertiary alicyclic amines) is 1. The van der Waals surface area contributed by atoms with E-state index in [9.17, 15) is 8.42 Å². The van der Waals surface area contributed by atoms with Gasteiger partial charge in [-0.1, -0.05) is 6.42 Å². The smallest absolute Gasteiger partial charge is 0.244 e. The molecule has 1 aromatic rings. The summed E-state index contributed by atoms with van der Waals surface area (Å²) in [5.41, 5.74) is 0. The maximum absolute atomic E-state index is 12.6. The van der Waals surface area contributed by atoms with Crippen molar-refractivity contribution >= 4 is 15.8 Å². The molecule has 7 nitrogen and oxygen atoms in total. The Hall–Kier alpha value is -1.22. The van der Waals surface area contributed by atoms with E-state index in [1.165, 1.54) is 6.20 Å². The van der Waals surface area contributed by atoms with E-state index < -0.39 is 10.0 Å². The van der Waals surface area contributed by atoms with Gasteiger partial charge < -0.3 is 15.3 Å². The Morgan fingerprint density at radius 1 is 1.12 bits per heavy atom. The van der Waals surface area contributed by atoms with E-state index in [4.69, 9.17) is 5.11 Å². The van der Waals surface area contributed by atoms with Crippen LogP contribution >= 0.6 is 0 Å². The molecule has 0 saturated carbocycles. The minimum absolute atomic E-state index is 0.222. The number of pyridine rings is 1. The largest absolute Gasteiger partial charge is 0.395 e. The molecule has 2 aliphatic heterocycles. The van der Waals surface area contributed by atoms with Gasteiger partial charge in [0.2, 0.25) is 10.0 Å². The lowest BCUT2D eigenvalue weighted by Crippen LogP contribution is -2.37. The molecule has 2 aliphatic rings. The van der Waals surface area contributed by atoms with Gasteiger partial charge in [-0.05, 0) is 56.8 Å². The first-order valence-corrected chi connectivity index (χ1v) is 11.1. The standard InChI is InChI=1S/C18H30N4O3S/c23-13-12-21-10-6-16(7-11-21)14-19-18-5-4-17(15-20-18)26(24,25)22-8-2-1-3-9-22/h4-5,15-16,23H,1-3,6-14H2,(H,19,20). The highest BCUT2D eigenvalue weighted by Crippen LogP contribution is 2.21. The van der Waals surface area contributed by atoms with Crippen LogP contribution in [-0.2, 0) is 10.0 Å². The van der Waals surface area contributed by atoms with Gasteiger partial charge in [-0.15, -0.1) is 0 Å². The fraction of sp³-hybridized carbons (Fsp3) is 0.722. The summed E-state index contributed by atoms with van der Waals surface area (Å²) in [4.78, 5) is 6.87. The molecule has 2 N–H and O–H groups in total. The van der Waals surface area contributed by atoms with Gasteiger partial charge in [0.1, 0.15) is 10.7 Å². The van der Waals surface area contributed by atoms with E-state index >= 15 is 0 Å². The second kappa shape index (κ2) is 9.12. The lowest BCUT2D eigenvalue weighted by molar-refractivity contribution is 0.151. The van der Waals surface area contributed by atoms with Crippen molar-refractivity contribution in [1.82, 2.24) is 14.2 Å². The Morgan fingerprint density at radius 3 is 2.46 bits per heavy atom. The number of sulfonamides is 1. The zero-order valence-electron chi connectivity index (χ0n) is 15.3. The Morgan fingerprint density at radius 2 is 1.85 bits per heavy atom. The Labute approximate surface area is 156 Å². The van der Waals surface area contributed by atoms with Crippen LogP contribution in [0.2, 0.25) is 0 Å². The molecule has 26 heavy (non-hydrogen) atoms. The predicted molar refractivity (Wildman–Crippen MR) is 102 cm³/mol. The number of aliphatic hydroxyl groups is 1. The van der Waals surface area contributed by atoms with Crippen LogP contribution in [0, 0.1) is 5.92 Å². The molecule has 3 rings (SSSR count). The summed E-state index contributed by atoms with van der Waals surface area (Å²) in [6, 6.07) is 3.42. The molecular weight excluding hydrogens is 352 g/mol. The molecule has 0 bridgehead atoms. The number of hydrogen-bond acceptors (Lipinski definition) is 6. The van der Waals surface area contributed by atoms with Crippen molar-refractivity contribution in [3.8, 4) is 0 Å². The van der Waals surface area contributed by atoms with E-state index in [-0.39, 0.29) is 11.5 Å². The average molecular weight is 383 g/mol. The molecule has 2 fully saturated rings. The van der Waals surface area contributed by atoms with Crippen molar-refractivity contribution in [2.45, 2.75) is 37.0 Å². The molecule has 0 atom stereocenters. The highest BCUT2D eigenvalue weighted by molar-refractivity contribution is 7.89. The van der Waals surface area contributed by atoms with Gasteiger partial charge in [0.05, 0.1) is 6.61 Å². The number of nitrogens with zero attached hydrogens (tertiary/aromatic N) is 3. The molecule has 0 radical (unpaired) electrons. The molecule has 0 aromatic carbocycles. The first kappa shape index (κ1) is 19.5. The zero-order valence-corrected chi connectivity index (χ0v) is 16.1. The monoisotopic (exact) mass is 382 g/mol. The minimum atomic E-state index is -3.41. The fourth-order valence-electron chi connectivity index (χ4n) is 3.70. The Bertz CT molecular complexity index is 652. The number of rotatable bonds is 7. The molecular formula is C18H30N4O3S. The van der Waals surface area contributed by atoms with Gasteiger partial charge in [0.25, 0.3) is 0 Å². The molecule has 0 spiro atoms. The van der Waals surface area contributed by atoms with Gasteiger partial charge in [-0.2, -0.15) is 4.31 Å². The molecule has 1 aromatic heterocycles. The van der Waals surface area contributed by atoms with E-state index in [2.05, 4.69) is 15.2 Å². The van der Waals surface area contributed by atoms with Crippen LogP contribution in [0.15, 0.2) is 23.2 Å². The normalized spacial score (nSPS) is 21.0. The van der Waals surface area contributed by atoms with Gasteiger partial charge in [-0.3, -0.25) is 0 Å². The van der Waals surface area contributed by atoms with Crippen molar-refractivity contribution in [3.05, 3.63) is 18.3 Å². The summed E-state index contributed by atoms with van der Waals surface area (Å²) in [5.74, 6) is 1.31. The van der Waals surface area contributed by atoms with Crippen LogP contribution in [0.3, 0.4) is 0 Å². The summed E-state index contributed by atoms with van der Waals surface area (Å²) in [6.07, 6.45) is 6.65. The number of anilines is 1. The molecule has 0 amide bonds. The van der Waals surface area contributed by atoms with Crippen LogP contribution in [-0.4, -0.2) is 73.6 Å². The maximum atomic E-state index is 12.6. The number of β-amino-alcohol motifs (C(OH)–C–C–N with tert-alkyl or cyclic N) is 1. The van der Waals surface area contributed by atoms with E-state index in [1.807, 2.05) is 0 Å². The lowest BCUT2D eigenvalue weighted by atomic mass is 9.97. The number of piperidine rings is 2. The first-order valence-electron chi connectivity index (χ1n) is 9.63. The SMILES string of the molecule is O=S(=O)(c1ccc(NCC2CCN(CCO)CC2)nc1)N1CCCCC1. The second-order valence-corrected chi connectivity index (χ2v) is 9.17. The summed E-state index contributed by atoms with van der Waals surface area (Å²) in [6.45, 7) is 5.09. The van der Waals surface area contributed by atoms with Crippen molar-refractivity contribution in [1.29, 1.82) is 0 Å². The summed E-state index contributed by atoms with van der Waals surface area (Å²) in [5, 5.41) is 12.3. The summed E-state index contributed by atoms with van der Waals surface area (Å²) >= 11 is 0. The van der Waals surface area contributed by atoms with Gasteiger partial charge in [-0.25, -0.2) is 13.4 Å². The van der Waals surface area contributed by atoms with E-state index in [0.717, 1.165) is 64.1 Å². The third-order valence-corrected chi connectivity index (χ3v) is 7.27. The first-order chi connectivity index (χ1) is 12.6. The third kappa shape index (κ3) is 4.94.